The maximum Gasteiger partial charge on any atom is 0.326 e. The number of carbonyl (C=O) groups excluding carboxylic acids is 1. The number of hydrogen-bond donors (Lipinski definition) is 2. The van der Waals surface area contributed by atoms with E-state index in [2.05, 4.69) is 4.72 Å². The Morgan fingerprint density at radius 2 is 1.66 bits per heavy atom. The fourth-order valence-electron chi connectivity index (χ4n) is 4.00. The molecule has 182 valence electrons. The average molecular weight is 494 g/mol. The van der Waals surface area contributed by atoms with Crippen molar-refractivity contribution in [2.75, 3.05) is 7.05 Å². The quantitative estimate of drug-likeness (QED) is 0.471. The second kappa shape index (κ2) is 10.7. The van der Waals surface area contributed by atoms with E-state index in [0.717, 1.165) is 15.7 Å². The summed E-state index contributed by atoms with van der Waals surface area (Å²) in [7, 11) is -2.77. The van der Waals surface area contributed by atoms with Crippen LogP contribution in [0.1, 0.15) is 25.0 Å². The smallest absolute Gasteiger partial charge is 0.326 e. The number of carboxylic acid groups (broad SMARTS) is 1. The highest BCUT2D eigenvalue weighted by Gasteiger charge is 2.35. The molecule has 1 amide bonds. The topological polar surface area (TPSA) is 128 Å². The number of amides is 1. The van der Waals surface area contributed by atoms with Crippen LogP contribution in [0, 0.1) is 17.2 Å². The predicted molar refractivity (Wildman–Crippen MR) is 132 cm³/mol. The minimum atomic E-state index is -4.13. The van der Waals surface area contributed by atoms with Crippen LogP contribution in [-0.4, -0.2) is 49.4 Å². The molecular formula is C26H27N3O5S. The first-order chi connectivity index (χ1) is 16.5. The molecule has 0 aromatic heterocycles. The van der Waals surface area contributed by atoms with Crippen LogP contribution in [-0.2, 0) is 26.0 Å². The van der Waals surface area contributed by atoms with Gasteiger partial charge in [0.2, 0.25) is 15.9 Å². The Morgan fingerprint density at radius 3 is 2.23 bits per heavy atom. The number of nitrogens with zero attached hydrogens (tertiary/aromatic N) is 2. The number of carboxylic acids is 1. The molecule has 35 heavy (non-hydrogen) atoms. The largest absolute Gasteiger partial charge is 0.480 e. The van der Waals surface area contributed by atoms with Crippen LogP contribution in [0.25, 0.3) is 10.8 Å². The molecule has 3 rings (SSSR count). The first-order valence-corrected chi connectivity index (χ1v) is 12.5. The molecule has 0 aliphatic heterocycles. The fraction of sp³-hybridized carbons (Fsp3) is 0.269. The van der Waals surface area contributed by atoms with Crippen LogP contribution < -0.4 is 4.72 Å². The molecule has 2 atom stereocenters. The second-order valence-corrected chi connectivity index (χ2v) is 10.4. The third-order valence-electron chi connectivity index (χ3n) is 5.80. The number of benzene rings is 3. The molecule has 0 fully saturated rings. The monoisotopic (exact) mass is 493 g/mol. The number of nitrogens with one attached hydrogen (secondary N) is 1. The van der Waals surface area contributed by atoms with Crippen molar-refractivity contribution in [1.29, 1.82) is 5.26 Å². The van der Waals surface area contributed by atoms with Gasteiger partial charge in [-0.05, 0) is 52.9 Å². The summed E-state index contributed by atoms with van der Waals surface area (Å²) in [6.45, 7) is 3.36. The second-order valence-electron chi connectivity index (χ2n) is 8.67. The van der Waals surface area contributed by atoms with Crippen molar-refractivity contribution >= 4 is 32.7 Å². The van der Waals surface area contributed by atoms with Crippen molar-refractivity contribution in [3.63, 3.8) is 0 Å². The van der Waals surface area contributed by atoms with Crippen molar-refractivity contribution in [3.8, 4) is 6.07 Å². The van der Waals surface area contributed by atoms with E-state index >= 15 is 0 Å². The molecule has 0 saturated carbocycles. The molecule has 0 bridgehead atoms. The lowest BCUT2D eigenvalue weighted by atomic mass is 10.00. The molecule has 0 heterocycles. The summed E-state index contributed by atoms with van der Waals surface area (Å²) in [6, 6.07) is 18.0. The molecule has 2 N–H and O–H groups in total. The predicted octanol–water partition coefficient (Wildman–Crippen LogP) is 3.17. The van der Waals surface area contributed by atoms with Gasteiger partial charge in [0.15, 0.2) is 0 Å². The third-order valence-corrected chi connectivity index (χ3v) is 7.27. The van der Waals surface area contributed by atoms with Crippen molar-refractivity contribution < 1.29 is 23.1 Å². The maximum atomic E-state index is 13.4. The fourth-order valence-corrected chi connectivity index (χ4v) is 5.23. The number of likely N-dealkylation sites (N-methyl/N-ethyl adjacent to an activating group) is 1. The summed E-state index contributed by atoms with van der Waals surface area (Å²) in [5.74, 6) is -2.24. The number of nitriles is 1. The molecule has 0 radical (unpaired) electrons. The lowest BCUT2D eigenvalue weighted by Gasteiger charge is -2.31. The van der Waals surface area contributed by atoms with Gasteiger partial charge in [-0.3, -0.25) is 4.79 Å². The number of sulfonamides is 1. The van der Waals surface area contributed by atoms with Gasteiger partial charge in [-0.2, -0.15) is 9.98 Å². The molecule has 3 aromatic rings. The zero-order valence-corrected chi connectivity index (χ0v) is 20.5. The summed E-state index contributed by atoms with van der Waals surface area (Å²) in [5.41, 5.74) is 1.05. The molecule has 0 unspecified atom stereocenters. The summed E-state index contributed by atoms with van der Waals surface area (Å²) in [5, 5.41) is 20.3. The van der Waals surface area contributed by atoms with E-state index in [1.807, 2.05) is 18.2 Å². The normalized spacial score (nSPS) is 13.2. The number of fused-ring (bicyclic) bond motifs is 1. The Kier molecular flexibility index (Phi) is 7.89. The van der Waals surface area contributed by atoms with Crippen molar-refractivity contribution in [2.45, 2.75) is 37.2 Å². The van der Waals surface area contributed by atoms with Gasteiger partial charge in [0.25, 0.3) is 0 Å². The molecule has 0 spiro atoms. The van der Waals surface area contributed by atoms with Crippen LogP contribution in [0.15, 0.2) is 71.6 Å². The van der Waals surface area contributed by atoms with Crippen molar-refractivity contribution in [3.05, 3.63) is 77.9 Å². The molecule has 8 nitrogen and oxygen atoms in total. The minimum Gasteiger partial charge on any atom is -0.480 e. The van der Waals surface area contributed by atoms with Gasteiger partial charge in [0.05, 0.1) is 16.5 Å². The molecule has 0 saturated heterocycles. The van der Waals surface area contributed by atoms with Crippen molar-refractivity contribution in [2.24, 2.45) is 5.92 Å². The van der Waals surface area contributed by atoms with Gasteiger partial charge >= 0.3 is 5.97 Å². The van der Waals surface area contributed by atoms with Gasteiger partial charge in [0.1, 0.15) is 12.1 Å². The average Bonchev–Trinajstić information content (AvgIpc) is 2.82. The third kappa shape index (κ3) is 6.04. The van der Waals surface area contributed by atoms with E-state index in [4.69, 9.17) is 5.26 Å². The maximum absolute atomic E-state index is 13.4. The first kappa shape index (κ1) is 25.9. The van der Waals surface area contributed by atoms with E-state index in [1.54, 1.807) is 56.3 Å². The Balaban J connectivity index is 1.97. The SMILES string of the molecule is CC(C)[C@H](C(=O)O)N(C)C(=O)[C@H](Cc1ccc(C#N)cc1)NS(=O)(=O)c1ccc2ccccc2c1. The standard InChI is InChI=1S/C26H27N3O5S/c1-17(2)24(26(31)32)29(3)25(30)23(14-18-8-10-19(16-27)11-9-18)28-35(33,34)22-13-12-20-6-4-5-7-21(20)15-22/h4-13,15,17,23-24,28H,14H2,1-3H3,(H,31,32)/t23-,24+/m0/s1. The Hall–Kier alpha value is -3.74. The molecule has 3 aromatic carbocycles. The van der Waals surface area contributed by atoms with Gasteiger partial charge in [-0.15, -0.1) is 0 Å². The summed E-state index contributed by atoms with van der Waals surface area (Å²) >= 11 is 0. The number of aliphatic carboxylic acids is 1. The van der Waals surface area contributed by atoms with E-state index < -0.39 is 39.9 Å². The highest BCUT2D eigenvalue weighted by Crippen LogP contribution is 2.20. The number of rotatable bonds is 9. The highest BCUT2D eigenvalue weighted by atomic mass is 32.2. The molecular weight excluding hydrogens is 466 g/mol. The van der Waals surface area contributed by atoms with E-state index in [9.17, 15) is 23.1 Å². The molecule has 9 heteroatoms. The van der Waals surface area contributed by atoms with E-state index in [0.29, 0.717) is 11.1 Å². The number of carbonyl (C=O) groups is 2. The molecule has 0 aliphatic rings. The van der Waals surface area contributed by atoms with Crippen molar-refractivity contribution in [1.82, 2.24) is 9.62 Å². The minimum absolute atomic E-state index is 0.00451. The van der Waals surface area contributed by atoms with E-state index in [1.165, 1.54) is 19.2 Å². The van der Waals surface area contributed by atoms with Crippen LogP contribution in [0.5, 0.6) is 0 Å². The zero-order chi connectivity index (χ0) is 25.8. The first-order valence-electron chi connectivity index (χ1n) is 11.0. The van der Waals surface area contributed by atoms with Crippen LogP contribution in [0.2, 0.25) is 0 Å². The van der Waals surface area contributed by atoms with Gasteiger partial charge in [-0.1, -0.05) is 56.3 Å². The Labute approximate surface area is 204 Å². The summed E-state index contributed by atoms with van der Waals surface area (Å²) < 4.78 is 29.1. The lowest BCUT2D eigenvalue weighted by molar-refractivity contribution is -0.151. The van der Waals surface area contributed by atoms with Gasteiger partial charge in [0, 0.05) is 7.05 Å². The zero-order valence-electron chi connectivity index (χ0n) is 19.7. The van der Waals surface area contributed by atoms with E-state index in [-0.39, 0.29) is 11.3 Å². The van der Waals surface area contributed by atoms with Crippen LogP contribution in [0.4, 0.5) is 0 Å². The Morgan fingerprint density at radius 1 is 1.03 bits per heavy atom. The summed E-state index contributed by atoms with van der Waals surface area (Å²) in [4.78, 5) is 26.3. The summed E-state index contributed by atoms with van der Waals surface area (Å²) in [6.07, 6.45) is -0.0217. The lowest BCUT2D eigenvalue weighted by Crippen LogP contribution is -2.54. The van der Waals surface area contributed by atoms with Gasteiger partial charge < -0.3 is 10.0 Å². The highest BCUT2D eigenvalue weighted by molar-refractivity contribution is 7.89. The van der Waals surface area contributed by atoms with Gasteiger partial charge in [-0.25, -0.2) is 13.2 Å². The molecule has 0 aliphatic carbocycles. The number of hydrogen-bond acceptors (Lipinski definition) is 5. The van der Waals surface area contributed by atoms with Crippen LogP contribution >= 0.6 is 0 Å². The Bertz CT molecular complexity index is 1380. The van der Waals surface area contributed by atoms with Crippen LogP contribution in [0.3, 0.4) is 0 Å².